The molecule has 1 unspecified atom stereocenters. The average molecular weight is 269 g/mol. The summed E-state index contributed by atoms with van der Waals surface area (Å²) in [6.45, 7) is 1.78. The first-order valence-electron chi connectivity index (χ1n) is 5.81. The molecule has 2 rings (SSSR count). The van der Waals surface area contributed by atoms with Crippen LogP contribution in [-0.4, -0.2) is 41.9 Å². The molecule has 6 nitrogen and oxygen atoms in total. The zero-order chi connectivity index (χ0) is 13.1. The van der Waals surface area contributed by atoms with Gasteiger partial charge in [-0.25, -0.2) is 0 Å². The summed E-state index contributed by atoms with van der Waals surface area (Å²) < 4.78 is 0. The van der Waals surface area contributed by atoms with E-state index in [1.54, 1.807) is 11.9 Å². The van der Waals surface area contributed by atoms with Crippen LogP contribution in [0.2, 0.25) is 0 Å². The normalized spacial score (nSPS) is 19.5. The summed E-state index contributed by atoms with van der Waals surface area (Å²) in [7, 11) is 1.76. The van der Waals surface area contributed by atoms with E-state index in [0.29, 0.717) is 4.88 Å². The Hall–Kier alpha value is -1.47. The number of nitrogens with one attached hydrogen (secondary N) is 1. The van der Waals surface area contributed by atoms with E-state index in [2.05, 4.69) is 5.32 Å². The van der Waals surface area contributed by atoms with Gasteiger partial charge in [-0.3, -0.25) is 14.9 Å². The second-order valence-corrected chi connectivity index (χ2v) is 5.37. The van der Waals surface area contributed by atoms with Crippen LogP contribution in [0.1, 0.15) is 22.5 Å². The zero-order valence-corrected chi connectivity index (χ0v) is 10.9. The van der Waals surface area contributed by atoms with Gasteiger partial charge in [-0.05, 0) is 25.5 Å². The molecule has 1 atom stereocenters. The number of carbonyl (C=O) groups excluding carboxylic acids is 1. The van der Waals surface area contributed by atoms with Crippen molar-refractivity contribution in [2.45, 2.75) is 18.9 Å². The van der Waals surface area contributed by atoms with Crippen LogP contribution in [0.25, 0.3) is 0 Å². The van der Waals surface area contributed by atoms with Crippen LogP contribution < -0.4 is 5.32 Å². The Morgan fingerprint density at radius 2 is 2.39 bits per heavy atom. The van der Waals surface area contributed by atoms with Crippen LogP contribution in [-0.2, 0) is 0 Å². The van der Waals surface area contributed by atoms with Crippen molar-refractivity contribution in [1.29, 1.82) is 0 Å². The lowest BCUT2D eigenvalue weighted by molar-refractivity contribution is -0.380. The van der Waals surface area contributed by atoms with Crippen molar-refractivity contribution in [3.63, 3.8) is 0 Å². The Morgan fingerprint density at radius 1 is 1.61 bits per heavy atom. The fourth-order valence-corrected chi connectivity index (χ4v) is 2.85. The first-order valence-corrected chi connectivity index (χ1v) is 6.63. The molecule has 1 aromatic rings. The fraction of sp³-hybridized carbons (Fsp3) is 0.545. The zero-order valence-electron chi connectivity index (χ0n) is 10.1. The van der Waals surface area contributed by atoms with Gasteiger partial charge in [0.1, 0.15) is 0 Å². The number of piperidine rings is 1. The molecule has 1 aromatic heterocycles. The molecule has 1 aliphatic heterocycles. The summed E-state index contributed by atoms with van der Waals surface area (Å²) in [5.41, 5.74) is 0. The Labute approximate surface area is 109 Å². The molecule has 7 heteroatoms. The maximum atomic E-state index is 12.2. The van der Waals surface area contributed by atoms with Crippen molar-refractivity contribution in [2.75, 3.05) is 20.1 Å². The molecule has 1 N–H and O–H groups in total. The van der Waals surface area contributed by atoms with Crippen molar-refractivity contribution in [2.24, 2.45) is 0 Å². The Balaban J connectivity index is 2.07. The number of rotatable bonds is 3. The van der Waals surface area contributed by atoms with Gasteiger partial charge in [-0.2, -0.15) is 0 Å². The van der Waals surface area contributed by atoms with E-state index in [-0.39, 0.29) is 17.0 Å². The van der Waals surface area contributed by atoms with E-state index >= 15 is 0 Å². The molecule has 1 aliphatic rings. The third kappa shape index (κ3) is 2.68. The van der Waals surface area contributed by atoms with Crippen molar-refractivity contribution < 1.29 is 9.72 Å². The van der Waals surface area contributed by atoms with Gasteiger partial charge >= 0.3 is 5.00 Å². The van der Waals surface area contributed by atoms with Gasteiger partial charge in [-0.1, -0.05) is 11.3 Å². The molecule has 18 heavy (non-hydrogen) atoms. The van der Waals surface area contributed by atoms with Gasteiger partial charge in [0.05, 0.1) is 9.80 Å². The Kier molecular flexibility index (Phi) is 3.93. The number of nitrogens with zero attached hydrogens (tertiary/aromatic N) is 2. The summed E-state index contributed by atoms with van der Waals surface area (Å²) in [5, 5.41) is 13.8. The summed E-state index contributed by atoms with van der Waals surface area (Å²) in [6, 6.07) is 3.08. The molecular formula is C11H15N3O3S. The predicted octanol–water partition coefficient (Wildman–Crippen LogP) is 1.48. The van der Waals surface area contributed by atoms with Crippen molar-refractivity contribution >= 4 is 22.2 Å². The monoisotopic (exact) mass is 269 g/mol. The average Bonchev–Trinajstić information content (AvgIpc) is 2.88. The number of nitro groups is 1. The molecule has 0 bridgehead atoms. The topological polar surface area (TPSA) is 75.5 Å². The maximum absolute atomic E-state index is 12.2. The van der Waals surface area contributed by atoms with Crippen LogP contribution in [0.5, 0.6) is 0 Å². The van der Waals surface area contributed by atoms with Gasteiger partial charge in [0.15, 0.2) is 0 Å². The standard InChI is InChI=1S/C11H15N3O3S/c1-13(8-3-2-6-12-7-8)11(15)9-4-5-10(18-9)14(16)17/h4-5,8,12H,2-3,6-7H2,1H3. The highest BCUT2D eigenvalue weighted by molar-refractivity contribution is 7.17. The van der Waals surface area contributed by atoms with Crippen molar-refractivity contribution in [3.05, 3.63) is 27.1 Å². The van der Waals surface area contributed by atoms with Crippen LogP contribution in [0.4, 0.5) is 5.00 Å². The second kappa shape index (κ2) is 5.45. The molecule has 2 heterocycles. The summed E-state index contributed by atoms with van der Waals surface area (Å²) in [4.78, 5) is 24.4. The van der Waals surface area contributed by atoms with E-state index in [1.165, 1.54) is 12.1 Å². The largest absolute Gasteiger partial charge is 0.337 e. The number of amides is 1. The highest BCUT2D eigenvalue weighted by Crippen LogP contribution is 2.25. The van der Waals surface area contributed by atoms with Crippen LogP contribution in [0, 0.1) is 10.1 Å². The number of thiophene rings is 1. The highest BCUT2D eigenvalue weighted by atomic mass is 32.1. The van der Waals surface area contributed by atoms with E-state index in [9.17, 15) is 14.9 Å². The molecule has 0 aromatic carbocycles. The fourth-order valence-electron chi connectivity index (χ4n) is 2.04. The number of likely N-dealkylation sites (N-methyl/N-ethyl adjacent to an activating group) is 1. The van der Waals surface area contributed by atoms with E-state index in [4.69, 9.17) is 0 Å². The molecule has 0 spiro atoms. The molecule has 0 saturated carbocycles. The number of hydrogen-bond donors (Lipinski definition) is 1. The van der Waals surface area contributed by atoms with Crippen LogP contribution in [0.3, 0.4) is 0 Å². The minimum absolute atomic E-state index is 0.00789. The molecule has 0 radical (unpaired) electrons. The third-order valence-corrected chi connectivity index (χ3v) is 4.15. The van der Waals surface area contributed by atoms with Crippen LogP contribution >= 0.6 is 11.3 Å². The van der Waals surface area contributed by atoms with Gasteiger partial charge < -0.3 is 10.2 Å². The van der Waals surface area contributed by atoms with Gasteiger partial charge in [0.2, 0.25) is 0 Å². The minimum atomic E-state index is -0.469. The highest BCUT2D eigenvalue weighted by Gasteiger charge is 2.25. The van der Waals surface area contributed by atoms with Crippen molar-refractivity contribution in [3.8, 4) is 0 Å². The number of hydrogen-bond acceptors (Lipinski definition) is 5. The molecule has 1 amide bonds. The molecule has 1 fully saturated rings. The van der Waals surface area contributed by atoms with Gasteiger partial charge in [0, 0.05) is 25.7 Å². The Morgan fingerprint density at radius 3 is 2.94 bits per heavy atom. The maximum Gasteiger partial charge on any atom is 0.324 e. The van der Waals surface area contributed by atoms with E-state index < -0.39 is 4.92 Å². The van der Waals surface area contributed by atoms with Crippen LogP contribution in [0.15, 0.2) is 12.1 Å². The molecule has 98 valence electrons. The summed E-state index contributed by atoms with van der Waals surface area (Å²) in [6.07, 6.45) is 2.02. The third-order valence-electron chi connectivity index (χ3n) is 3.12. The second-order valence-electron chi connectivity index (χ2n) is 4.31. The summed E-state index contributed by atoms with van der Waals surface area (Å²) in [5.74, 6) is -0.137. The molecule has 0 aliphatic carbocycles. The quantitative estimate of drug-likeness (QED) is 0.666. The van der Waals surface area contributed by atoms with Gasteiger partial charge in [0.25, 0.3) is 5.91 Å². The Bertz CT molecular complexity index is 454. The van der Waals surface area contributed by atoms with E-state index in [1.807, 2.05) is 0 Å². The SMILES string of the molecule is CN(C(=O)c1ccc([N+](=O)[O-])s1)C1CCCNC1. The molecular weight excluding hydrogens is 254 g/mol. The predicted molar refractivity (Wildman–Crippen MR) is 69.0 cm³/mol. The molecule has 1 saturated heterocycles. The summed E-state index contributed by atoms with van der Waals surface area (Å²) >= 11 is 0.931. The van der Waals surface area contributed by atoms with Crippen molar-refractivity contribution in [1.82, 2.24) is 10.2 Å². The first kappa shape index (κ1) is 13.0. The van der Waals surface area contributed by atoms with Gasteiger partial charge in [-0.15, -0.1) is 0 Å². The lowest BCUT2D eigenvalue weighted by atomic mass is 10.1. The van der Waals surface area contributed by atoms with E-state index in [0.717, 1.165) is 37.3 Å². The number of carbonyl (C=O) groups is 1. The minimum Gasteiger partial charge on any atom is -0.337 e. The first-order chi connectivity index (χ1) is 8.59. The lowest BCUT2D eigenvalue weighted by Gasteiger charge is -2.31. The smallest absolute Gasteiger partial charge is 0.324 e. The lowest BCUT2D eigenvalue weighted by Crippen LogP contribution is -2.46.